The fourth-order valence-corrected chi connectivity index (χ4v) is 3.55. The second-order valence-corrected chi connectivity index (χ2v) is 6.36. The van der Waals surface area contributed by atoms with Crippen LogP contribution in [0, 0.1) is 6.92 Å². The molecule has 3 aromatic rings. The number of anilines is 1. The highest BCUT2D eigenvalue weighted by Gasteiger charge is 2.31. The van der Waals surface area contributed by atoms with Crippen molar-refractivity contribution in [3.63, 3.8) is 0 Å². The summed E-state index contributed by atoms with van der Waals surface area (Å²) >= 11 is 7.71. The lowest BCUT2D eigenvalue weighted by Crippen LogP contribution is -1.99. The molecule has 6 heteroatoms. The van der Waals surface area contributed by atoms with Crippen molar-refractivity contribution >= 4 is 39.2 Å². The van der Waals surface area contributed by atoms with Crippen molar-refractivity contribution in [2.24, 2.45) is 0 Å². The second-order valence-electron chi connectivity index (χ2n) is 5.15. The van der Waals surface area contributed by atoms with Crippen molar-refractivity contribution in [1.29, 1.82) is 0 Å². The molecule has 0 saturated heterocycles. The van der Waals surface area contributed by atoms with Crippen LogP contribution in [0.2, 0.25) is 5.02 Å². The largest absolute Gasteiger partial charge is 0.389 e. The monoisotopic (exact) mass is 304 g/mol. The summed E-state index contributed by atoms with van der Waals surface area (Å²) in [4.78, 5) is 4.76. The molecule has 0 spiro atoms. The van der Waals surface area contributed by atoms with Gasteiger partial charge >= 0.3 is 0 Å². The van der Waals surface area contributed by atoms with Gasteiger partial charge in [-0.25, -0.2) is 4.98 Å². The van der Waals surface area contributed by atoms with E-state index in [2.05, 4.69) is 8.94 Å². The van der Waals surface area contributed by atoms with Gasteiger partial charge in [0.25, 0.3) is 0 Å². The van der Waals surface area contributed by atoms with Crippen LogP contribution in [0.1, 0.15) is 24.6 Å². The molecule has 2 N–H and O–H groups in total. The number of para-hydroxylation sites is 1. The van der Waals surface area contributed by atoms with E-state index < -0.39 is 0 Å². The van der Waals surface area contributed by atoms with E-state index in [-0.39, 0.29) is 0 Å². The van der Waals surface area contributed by atoms with Gasteiger partial charge in [0, 0.05) is 6.04 Å². The Hall–Kier alpha value is -1.59. The molecule has 1 aliphatic carbocycles. The zero-order valence-corrected chi connectivity index (χ0v) is 12.5. The molecule has 0 radical (unpaired) electrons. The van der Waals surface area contributed by atoms with Crippen LogP contribution in [0.4, 0.5) is 5.00 Å². The van der Waals surface area contributed by atoms with Gasteiger partial charge < -0.3 is 10.3 Å². The second kappa shape index (κ2) is 4.20. The van der Waals surface area contributed by atoms with Gasteiger partial charge in [-0.2, -0.15) is 4.37 Å². The van der Waals surface area contributed by atoms with Gasteiger partial charge in [-0.15, -0.1) is 0 Å². The number of aryl methyl sites for hydroxylation is 1. The summed E-state index contributed by atoms with van der Waals surface area (Å²) in [7, 11) is 0. The number of benzene rings is 1. The van der Waals surface area contributed by atoms with Crippen LogP contribution in [0.3, 0.4) is 0 Å². The van der Waals surface area contributed by atoms with Gasteiger partial charge in [0.05, 0.1) is 27.3 Å². The molecule has 0 unspecified atom stereocenters. The first-order chi connectivity index (χ1) is 9.66. The molecule has 0 atom stereocenters. The number of nitrogens with zero attached hydrogens (tertiary/aromatic N) is 3. The summed E-state index contributed by atoms with van der Waals surface area (Å²) in [6.07, 6.45) is 2.33. The first-order valence-corrected chi connectivity index (χ1v) is 7.70. The Balaban J connectivity index is 2.09. The van der Waals surface area contributed by atoms with Crippen LogP contribution in [0.25, 0.3) is 22.4 Å². The molecule has 2 heterocycles. The lowest BCUT2D eigenvalue weighted by atomic mass is 10.2. The molecule has 1 aliphatic rings. The molecule has 102 valence electrons. The standard InChI is InChI=1S/C14H13ClN4S/c1-7-11(13(16)20-18-7)14-17-10-4-2-3-9(15)12(10)19(14)8-5-6-8/h2-4,8H,5-6,16H2,1H3. The van der Waals surface area contributed by atoms with E-state index in [0.29, 0.717) is 6.04 Å². The maximum atomic E-state index is 6.38. The maximum Gasteiger partial charge on any atom is 0.146 e. The predicted octanol–water partition coefficient (Wildman–Crippen LogP) is 4.04. The highest BCUT2D eigenvalue weighted by Crippen LogP contribution is 2.44. The van der Waals surface area contributed by atoms with E-state index in [1.165, 1.54) is 24.4 Å². The van der Waals surface area contributed by atoms with Crippen LogP contribution in [-0.4, -0.2) is 13.9 Å². The molecular weight excluding hydrogens is 292 g/mol. The van der Waals surface area contributed by atoms with Crippen molar-refractivity contribution in [2.75, 3.05) is 5.73 Å². The van der Waals surface area contributed by atoms with E-state index in [1.54, 1.807) is 0 Å². The normalized spacial score (nSPS) is 15.1. The topological polar surface area (TPSA) is 56.7 Å². The zero-order chi connectivity index (χ0) is 13.9. The SMILES string of the molecule is Cc1nsc(N)c1-c1nc2cccc(Cl)c2n1C1CC1. The van der Waals surface area contributed by atoms with Gasteiger partial charge in [-0.1, -0.05) is 17.7 Å². The minimum Gasteiger partial charge on any atom is -0.389 e. The predicted molar refractivity (Wildman–Crippen MR) is 83.3 cm³/mol. The Labute approximate surface area is 125 Å². The van der Waals surface area contributed by atoms with Gasteiger partial charge in [0.2, 0.25) is 0 Å². The minimum atomic E-state index is 0.480. The number of aromatic nitrogens is 3. The smallest absolute Gasteiger partial charge is 0.146 e. The average Bonchev–Trinajstić information content (AvgIpc) is 3.10. The first-order valence-electron chi connectivity index (χ1n) is 6.55. The minimum absolute atomic E-state index is 0.480. The highest BCUT2D eigenvalue weighted by molar-refractivity contribution is 7.10. The summed E-state index contributed by atoms with van der Waals surface area (Å²) in [5.74, 6) is 0.902. The third kappa shape index (κ3) is 1.66. The molecule has 0 amide bonds. The number of imidazole rings is 1. The van der Waals surface area contributed by atoms with E-state index in [1.807, 2.05) is 25.1 Å². The third-order valence-corrected chi connectivity index (χ3v) is 4.76. The Morgan fingerprint density at radius 1 is 1.40 bits per heavy atom. The van der Waals surface area contributed by atoms with E-state index in [0.717, 1.165) is 38.1 Å². The van der Waals surface area contributed by atoms with Crippen LogP contribution >= 0.6 is 23.1 Å². The van der Waals surface area contributed by atoms with Gasteiger partial charge in [-0.05, 0) is 43.4 Å². The van der Waals surface area contributed by atoms with Crippen molar-refractivity contribution < 1.29 is 0 Å². The van der Waals surface area contributed by atoms with E-state index in [9.17, 15) is 0 Å². The Morgan fingerprint density at radius 2 is 2.20 bits per heavy atom. The van der Waals surface area contributed by atoms with Crippen molar-refractivity contribution in [3.05, 3.63) is 28.9 Å². The Kier molecular flexibility index (Phi) is 2.56. The summed E-state index contributed by atoms with van der Waals surface area (Å²) in [5.41, 5.74) is 9.91. The molecule has 1 aromatic carbocycles. The Bertz CT molecular complexity index is 797. The van der Waals surface area contributed by atoms with Crippen LogP contribution in [0.15, 0.2) is 18.2 Å². The molecule has 20 heavy (non-hydrogen) atoms. The third-order valence-electron chi connectivity index (χ3n) is 3.69. The van der Waals surface area contributed by atoms with E-state index in [4.69, 9.17) is 22.3 Å². The fraction of sp³-hybridized carbons (Fsp3) is 0.286. The lowest BCUT2D eigenvalue weighted by molar-refractivity contribution is 0.775. The van der Waals surface area contributed by atoms with Crippen LogP contribution in [0.5, 0.6) is 0 Å². The summed E-state index contributed by atoms with van der Waals surface area (Å²) < 4.78 is 6.58. The quantitative estimate of drug-likeness (QED) is 0.777. The molecule has 1 saturated carbocycles. The summed E-state index contributed by atoms with van der Waals surface area (Å²) in [5, 5.41) is 1.46. The molecule has 4 rings (SSSR count). The number of fused-ring (bicyclic) bond motifs is 1. The fourth-order valence-electron chi connectivity index (χ4n) is 2.63. The molecule has 0 bridgehead atoms. The Morgan fingerprint density at radius 3 is 2.85 bits per heavy atom. The van der Waals surface area contributed by atoms with Crippen molar-refractivity contribution in [1.82, 2.24) is 13.9 Å². The van der Waals surface area contributed by atoms with Crippen LogP contribution in [-0.2, 0) is 0 Å². The first kappa shape index (κ1) is 12.2. The molecule has 0 aliphatic heterocycles. The zero-order valence-electron chi connectivity index (χ0n) is 10.9. The summed E-state index contributed by atoms with van der Waals surface area (Å²) in [6.45, 7) is 1.97. The molecule has 1 fully saturated rings. The van der Waals surface area contributed by atoms with Gasteiger partial charge in [0.15, 0.2) is 0 Å². The number of halogens is 1. The maximum absolute atomic E-state index is 6.38. The molecule has 4 nitrogen and oxygen atoms in total. The molecule has 2 aromatic heterocycles. The van der Waals surface area contributed by atoms with Gasteiger partial charge in [0.1, 0.15) is 10.8 Å². The number of rotatable bonds is 2. The lowest BCUT2D eigenvalue weighted by Gasteiger charge is -2.08. The molecular formula is C14H13ClN4S. The highest BCUT2D eigenvalue weighted by atomic mass is 35.5. The number of hydrogen-bond acceptors (Lipinski definition) is 4. The van der Waals surface area contributed by atoms with Crippen molar-refractivity contribution in [3.8, 4) is 11.4 Å². The van der Waals surface area contributed by atoms with Crippen molar-refractivity contribution in [2.45, 2.75) is 25.8 Å². The number of nitrogen functional groups attached to an aromatic ring is 1. The van der Waals surface area contributed by atoms with Gasteiger partial charge in [-0.3, -0.25) is 0 Å². The summed E-state index contributed by atoms with van der Waals surface area (Å²) in [6, 6.07) is 6.32. The average molecular weight is 305 g/mol. The number of nitrogens with two attached hydrogens (primary N) is 1. The van der Waals surface area contributed by atoms with Crippen LogP contribution < -0.4 is 5.73 Å². The van der Waals surface area contributed by atoms with E-state index >= 15 is 0 Å². The number of hydrogen-bond donors (Lipinski definition) is 1.